The fourth-order valence-electron chi connectivity index (χ4n) is 3.47. The Bertz CT molecular complexity index is 994. The lowest BCUT2D eigenvalue weighted by molar-refractivity contribution is -0.384. The standard InChI is InChI=1S/C20H20N4O4/c25-20(28-13-14-4-2-1-3-5-14)23-10-8-15(9-11-23)19-21-17-7-6-16(24(26)27)12-18(17)22-19/h1-7,12,15H,8-11,13H2,(H,21,22). The van der Waals surface area contributed by atoms with Crippen LogP contribution in [-0.2, 0) is 11.3 Å². The molecule has 1 amide bonds. The highest BCUT2D eigenvalue weighted by Crippen LogP contribution is 2.29. The number of aromatic nitrogens is 2. The molecule has 2 aromatic carbocycles. The molecule has 0 spiro atoms. The van der Waals surface area contributed by atoms with Crippen molar-refractivity contribution in [3.05, 3.63) is 70.0 Å². The summed E-state index contributed by atoms with van der Waals surface area (Å²) in [5, 5.41) is 10.9. The van der Waals surface area contributed by atoms with E-state index in [4.69, 9.17) is 4.74 Å². The molecule has 4 rings (SSSR count). The van der Waals surface area contributed by atoms with Crippen LogP contribution in [0, 0.1) is 10.1 Å². The molecule has 0 aliphatic carbocycles. The van der Waals surface area contributed by atoms with Crippen LogP contribution in [0.5, 0.6) is 0 Å². The number of amides is 1. The van der Waals surface area contributed by atoms with E-state index >= 15 is 0 Å². The number of nitro groups is 1. The number of imidazole rings is 1. The molecule has 28 heavy (non-hydrogen) atoms. The number of nitrogens with one attached hydrogen (secondary N) is 1. The van der Waals surface area contributed by atoms with E-state index in [1.54, 1.807) is 11.0 Å². The van der Waals surface area contributed by atoms with Gasteiger partial charge in [0.2, 0.25) is 0 Å². The second kappa shape index (κ2) is 7.67. The molecule has 1 aliphatic heterocycles. The third-order valence-electron chi connectivity index (χ3n) is 5.04. The van der Waals surface area contributed by atoms with Crippen molar-refractivity contribution in [2.75, 3.05) is 13.1 Å². The third-order valence-corrected chi connectivity index (χ3v) is 5.04. The van der Waals surface area contributed by atoms with Crippen LogP contribution < -0.4 is 0 Å². The van der Waals surface area contributed by atoms with E-state index in [1.807, 2.05) is 30.3 Å². The quantitative estimate of drug-likeness (QED) is 0.545. The number of nitrogens with zero attached hydrogens (tertiary/aromatic N) is 3. The van der Waals surface area contributed by atoms with Crippen molar-refractivity contribution in [1.29, 1.82) is 0 Å². The van der Waals surface area contributed by atoms with Gasteiger partial charge < -0.3 is 14.6 Å². The summed E-state index contributed by atoms with van der Waals surface area (Å²) in [6.07, 6.45) is 1.23. The van der Waals surface area contributed by atoms with Crippen LogP contribution in [0.4, 0.5) is 10.5 Å². The van der Waals surface area contributed by atoms with E-state index < -0.39 is 4.92 Å². The number of nitro benzene ring substituents is 1. The van der Waals surface area contributed by atoms with Crippen LogP contribution in [0.25, 0.3) is 11.0 Å². The number of rotatable bonds is 4. The van der Waals surface area contributed by atoms with Crippen LogP contribution in [0.1, 0.15) is 30.1 Å². The normalized spacial score (nSPS) is 14.9. The number of piperidine rings is 1. The second-order valence-corrected chi connectivity index (χ2v) is 6.88. The Morgan fingerprint density at radius 1 is 1.21 bits per heavy atom. The van der Waals surface area contributed by atoms with Gasteiger partial charge in [0.1, 0.15) is 12.4 Å². The van der Waals surface area contributed by atoms with Gasteiger partial charge in [0, 0.05) is 31.1 Å². The number of carbonyl (C=O) groups is 1. The topological polar surface area (TPSA) is 101 Å². The molecule has 1 N–H and O–H groups in total. The number of likely N-dealkylation sites (tertiary alicyclic amines) is 1. The van der Waals surface area contributed by atoms with E-state index in [0.717, 1.165) is 24.2 Å². The molecule has 8 heteroatoms. The van der Waals surface area contributed by atoms with Crippen molar-refractivity contribution in [3.8, 4) is 0 Å². The van der Waals surface area contributed by atoms with E-state index in [9.17, 15) is 14.9 Å². The highest BCUT2D eigenvalue weighted by molar-refractivity contribution is 5.78. The van der Waals surface area contributed by atoms with Crippen LogP contribution in [0.15, 0.2) is 48.5 Å². The van der Waals surface area contributed by atoms with Gasteiger partial charge in [0.25, 0.3) is 5.69 Å². The Morgan fingerprint density at radius 3 is 2.68 bits per heavy atom. The van der Waals surface area contributed by atoms with Crippen molar-refractivity contribution in [3.63, 3.8) is 0 Å². The third kappa shape index (κ3) is 3.80. The lowest BCUT2D eigenvalue weighted by Crippen LogP contribution is -2.38. The molecule has 2 heterocycles. The Balaban J connectivity index is 1.35. The Labute approximate surface area is 161 Å². The molecule has 144 valence electrons. The first-order valence-electron chi connectivity index (χ1n) is 9.20. The minimum Gasteiger partial charge on any atom is -0.445 e. The maximum absolute atomic E-state index is 12.3. The first-order valence-corrected chi connectivity index (χ1v) is 9.20. The molecular formula is C20H20N4O4. The van der Waals surface area contributed by atoms with E-state index in [2.05, 4.69) is 9.97 Å². The summed E-state index contributed by atoms with van der Waals surface area (Å²) in [5.41, 5.74) is 2.37. The van der Waals surface area contributed by atoms with E-state index in [0.29, 0.717) is 24.1 Å². The fourth-order valence-corrected chi connectivity index (χ4v) is 3.47. The van der Waals surface area contributed by atoms with Gasteiger partial charge in [0.15, 0.2) is 0 Å². The van der Waals surface area contributed by atoms with E-state index in [1.165, 1.54) is 12.1 Å². The Morgan fingerprint density at radius 2 is 1.96 bits per heavy atom. The molecule has 1 aliphatic rings. The van der Waals surface area contributed by atoms with Gasteiger partial charge in [-0.05, 0) is 24.5 Å². The average molecular weight is 380 g/mol. The van der Waals surface area contributed by atoms with Crippen molar-refractivity contribution in [2.24, 2.45) is 0 Å². The molecule has 1 fully saturated rings. The molecule has 3 aromatic rings. The Kier molecular flexibility index (Phi) is 4.92. The zero-order valence-electron chi connectivity index (χ0n) is 15.2. The number of benzene rings is 2. The first kappa shape index (κ1) is 18.0. The zero-order chi connectivity index (χ0) is 19.5. The second-order valence-electron chi connectivity index (χ2n) is 6.88. The number of hydrogen-bond donors (Lipinski definition) is 1. The van der Waals surface area contributed by atoms with Gasteiger partial charge in [-0.15, -0.1) is 0 Å². The molecule has 0 saturated carbocycles. The predicted molar refractivity (Wildman–Crippen MR) is 103 cm³/mol. The minimum absolute atomic E-state index is 0.0404. The number of H-pyrrole nitrogens is 1. The number of hydrogen-bond acceptors (Lipinski definition) is 5. The minimum atomic E-state index is -0.417. The van der Waals surface area contributed by atoms with Crippen molar-refractivity contribution >= 4 is 22.8 Å². The van der Waals surface area contributed by atoms with Gasteiger partial charge in [-0.1, -0.05) is 30.3 Å². The number of ether oxygens (including phenoxy) is 1. The van der Waals surface area contributed by atoms with Crippen LogP contribution in [-0.4, -0.2) is 39.0 Å². The maximum Gasteiger partial charge on any atom is 0.410 e. The number of carbonyl (C=O) groups excluding carboxylic acids is 1. The molecule has 0 bridgehead atoms. The summed E-state index contributed by atoms with van der Waals surface area (Å²) in [7, 11) is 0. The summed E-state index contributed by atoms with van der Waals surface area (Å²) in [6, 6.07) is 14.2. The monoisotopic (exact) mass is 380 g/mol. The first-order chi connectivity index (χ1) is 13.6. The molecule has 0 atom stereocenters. The van der Waals surface area contributed by atoms with Gasteiger partial charge in [-0.2, -0.15) is 0 Å². The summed E-state index contributed by atoms with van der Waals surface area (Å²) in [6.45, 7) is 1.45. The van der Waals surface area contributed by atoms with Crippen LogP contribution in [0.3, 0.4) is 0 Å². The van der Waals surface area contributed by atoms with Crippen LogP contribution in [0.2, 0.25) is 0 Å². The predicted octanol–water partition coefficient (Wildman–Crippen LogP) is 3.99. The van der Waals surface area contributed by atoms with Gasteiger partial charge in [-0.3, -0.25) is 10.1 Å². The summed E-state index contributed by atoms with van der Waals surface area (Å²) in [5.74, 6) is 0.998. The maximum atomic E-state index is 12.3. The smallest absolute Gasteiger partial charge is 0.410 e. The largest absolute Gasteiger partial charge is 0.445 e. The summed E-state index contributed by atoms with van der Waals surface area (Å²) >= 11 is 0. The molecule has 0 unspecified atom stereocenters. The number of aromatic amines is 1. The lowest BCUT2D eigenvalue weighted by atomic mass is 9.96. The number of non-ortho nitro benzene ring substituents is 1. The van der Waals surface area contributed by atoms with Gasteiger partial charge in [-0.25, -0.2) is 9.78 Å². The number of fused-ring (bicyclic) bond motifs is 1. The molecule has 1 aromatic heterocycles. The summed E-state index contributed by atoms with van der Waals surface area (Å²) in [4.78, 5) is 32.3. The van der Waals surface area contributed by atoms with Crippen LogP contribution >= 0.6 is 0 Å². The highest BCUT2D eigenvalue weighted by atomic mass is 16.6. The summed E-state index contributed by atoms with van der Waals surface area (Å²) < 4.78 is 5.39. The van der Waals surface area contributed by atoms with Crippen molar-refractivity contribution in [2.45, 2.75) is 25.4 Å². The molecular weight excluding hydrogens is 360 g/mol. The fraction of sp³-hybridized carbons (Fsp3) is 0.300. The zero-order valence-corrected chi connectivity index (χ0v) is 15.2. The van der Waals surface area contributed by atoms with Gasteiger partial charge >= 0.3 is 6.09 Å². The Hall–Kier alpha value is -3.42. The van der Waals surface area contributed by atoms with Crippen molar-refractivity contribution in [1.82, 2.24) is 14.9 Å². The highest BCUT2D eigenvalue weighted by Gasteiger charge is 2.26. The van der Waals surface area contributed by atoms with Gasteiger partial charge in [0.05, 0.1) is 16.0 Å². The van der Waals surface area contributed by atoms with Crippen molar-refractivity contribution < 1.29 is 14.5 Å². The SMILES string of the molecule is O=C(OCc1ccccc1)N1CCC(c2nc3ccc([N+](=O)[O-])cc3[nH]2)CC1. The molecule has 0 radical (unpaired) electrons. The van der Waals surface area contributed by atoms with E-state index in [-0.39, 0.29) is 24.3 Å². The average Bonchev–Trinajstić information content (AvgIpc) is 3.16. The lowest BCUT2D eigenvalue weighted by Gasteiger charge is -2.30. The molecule has 8 nitrogen and oxygen atoms in total. The molecule has 1 saturated heterocycles.